The first-order chi connectivity index (χ1) is 15.0. The lowest BCUT2D eigenvalue weighted by Crippen LogP contribution is -2.20. The van der Waals surface area contributed by atoms with E-state index in [2.05, 4.69) is 10.1 Å². The summed E-state index contributed by atoms with van der Waals surface area (Å²) < 4.78 is 34.6. The van der Waals surface area contributed by atoms with Gasteiger partial charge in [0.25, 0.3) is 0 Å². The van der Waals surface area contributed by atoms with Crippen LogP contribution in [0.5, 0.6) is 5.75 Å². The lowest BCUT2D eigenvalue weighted by atomic mass is 9.89. The molecule has 7 nitrogen and oxygen atoms in total. The van der Waals surface area contributed by atoms with Crippen LogP contribution in [0.15, 0.2) is 48.8 Å². The van der Waals surface area contributed by atoms with E-state index < -0.39 is 6.61 Å². The van der Waals surface area contributed by atoms with E-state index in [1.807, 2.05) is 33.9 Å². The molecule has 1 aliphatic rings. The minimum atomic E-state index is -2.89. The van der Waals surface area contributed by atoms with Crippen LogP contribution in [0, 0.1) is 4.77 Å². The molecule has 0 atom stereocenters. The Balaban J connectivity index is 1.52. The lowest BCUT2D eigenvalue weighted by Gasteiger charge is -2.21. The quantitative estimate of drug-likeness (QED) is 0.528. The summed E-state index contributed by atoms with van der Waals surface area (Å²) in [4.78, 5) is 12.6. The molecule has 3 aromatic rings. The summed E-state index contributed by atoms with van der Waals surface area (Å²) in [6.07, 6.45) is 9.43. The van der Waals surface area contributed by atoms with Gasteiger partial charge in [-0.2, -0.15) is 13.9 Å². The highest BCUT2D eigenvalue weighted by molar-refractivity contribution is 7.71. The van der Waals surface area contributed by atoms with Gasteiger partial charge in [-0.3, -0.25) is 9.47 Å². The van der Waals surface area contributed by atoms with Crippen molar-refractivity contribution < 1.29 is 18.3 Å². The van der Waals surface area contributed by atoms with Crippen molar-refractivity contribution in [3.8, 4) is 5.75 Å². The maximum atomic E-state index is 12.6. The number of alkyl halides is 2. The lowest BCUT2D eigenvalue weighted by molar-refractivity contribution is -0.117. The zero-order valence-electron chi connectivity index (χ0n) is 16.8. The van der Waals surface area contributed by atoms with Gasteiger partial charge < -0.3 is 10.1 Å². The van der Waals surface area contributed by atoms with Crippen molar-refractivity contribution in [2.45, 2.75) is 51.2 Å². The molecule has 31 heavy (non-hydrogen) atoms. The summed E-state index contributed by atoms with van der Waals surface area (Å²) in [7, 11) is 0. The Labute approximate surface area is 183 Å². The maximum absolute atomic E-state index is 12.6. The normalized spacial score (nSPS) is 14.7. The van der Waals surface area contributed by atoms with E-state index >= 15 is 0 Å². The number of rotatable bonds is 7. The van der Waals surface area contributed by atoms with Gasteiger partial charge in [0.05, 0.1) is 0 Å². The van der Waals surface area contributed by atoms with Gasteiger partial charge >= 0.3 is 6.61 Å². The fourth-order valence-electron chi connectivity index (χ4n) is 3.87. The molecule has 1 aromatic carbocycles. The summed E-state index contributed by atoms with van der Waals surface area (Å²) in [6.45, 7) is -2.95. The second kappa shape index (κ2) is 9.42. The average molecular weight is 448 g/mol. The number of aromatic nitrogens is 4. The number of carbonyl (C=O) groups excluding carboxylic acids is 1. The molecular formula is C21H23F2N5O2S. The molecule has 2 heterocycles. The van der Waals surface area contributed by atoms with Crippen molar-refractivity contribution in [3.63, 3.8) is 0 Å². The van der Waals surface area contributed by atoms with Crippen LogP contribution >= 0.6 is 12.2 Å². The second-order valence-electron chi connectivity index (χ2n) is 7.46. The van der Waals surface area contributed by atoms with Crippen molar-refractivity contribution in [1.29, 1.82) is 0 Å². The number of nitrogens with one attached hydrogen (secondary N) is 1. The minimum absolute atomic E-state index is 0.0257. The molecule has 1 amide bonds. The Morgan fingerprint density at radius 3 is 2.48 bits per heavy atom. The highest BCUT2D eigenvalue weighted by Gasteiger charge is 2.24. The largest absolute Gasteiger partial charge is 0.435 e. The van der Waals surface area contributed by atoms with E-state index in [1.165, 1.54) is 35.4 Å². The number of halogens is 2. The Kier molecular flexibility index (Phi) is 6.45. The first-order valence-corrected chi connectivity index (χ1v) is 10.6. The number of benzene rings is 1. The SMILES string of the molecule is O=C(Cn1nc(C2CCCCC2)n(-n2cccc2)c1=S)Nc1ccc(OC(F)F)cc1. The van der Waals surface area contributed by atoms with Crippen molar-refractivity contribution in [1.82, 2.24) is 19.1 Å². The number of carbonyl (C=O) groups is 1. The number of hydrogen-bond donors (Lipinski definition) is 1. The van der Waals surface area contributed by atoms with E-state index in [1.54, 1.807) is 0 Å². The van der Waals surface area contributed by atoms with Crippen LogP contribution < -0.4 is 10.1 Å². The fourth-order valence-corrected chi connectivity index (χ4v) is 4.16. The predicted molar refractivity (Wildman–Crippen MR) is 114 cm³/mol. The summed E-state index contributed by atoms with van der Waals surface area (Å²) in [5, 5.41) is 7.44. The first-order valence-electron chi connectivity index (χ1n) is 10.2. The van der Waals surface area contributed by atoms with Crippen LogP contribution in [-0.4, -0.2) is 31.7 Å². The summed E-state index contributed by atoms with van der Waals surface area (Å²) in [5.41, 5.74) is 0.468. The van der Waals surface area contributed by atoms with E-state index in [4.69, 9.17) is 17.3 Å². The molecule has 0 saturated heterocycles. The second-order valence-corrected chi connectivity index (χ2v) is 7.82. The number of nitrogens with zero attached hydrogens (tertiary/aromatic N) is 4. The minimum Gasteiger partial charge on any atom is -0.435 e. The Bertz CT molecular complexity index is 1070. The van der Waals surface area contributed by atoms with Crippen LogP contribution in [0.1, 0.15) is 43.8 Å². The van der Waals surface area contributed by atoms with Crippen LogP contribution in [-0.2, 0) is 11.3 Å². The maximum Gasteiger partial charge on any atom is 0.387 e. The molecule has 1 fully saturated rings. The van der Waals surface area contributed by atoms with Crippen molar-refractivity contribution in [2.75, 3.05) is 5.32 Å². The van der Waals surface area contributed by atoms with E-state index in [0.29, 0.717) is 16.4 Å². The van der Waals surface area contributed by atoms with Crippen LogP contribution in [0.25, 0.3) is 0 Å². The first kappa shape index (κ1) is 21.2. The van der Waals surface area contributed by atoms with Gasteiger partial charge in [-0.25, -0.2) is 9.36 Å². The third-order valence-electron chi connectivity index (χ3n) is 5.29. The predicted octanol–water partition coefficient (Wildman–Crippen LogP) is 4.81. The Hall–Kier alpha value is -3.01. The molecule has 1 aliphatic carbocycles. The monoisotopic (exact) mass is 447 g/mol. The van der Waals surface area contributed by atoms with Gasteiger partial charge in [0, 0.05) is 24.0 Å². The van der Waals surface area contributed by atoms with Crippen LogP contribution in [0.2, 0.25) is 0 Å². The number of anilines is 1. The summed E-state index contributed by atoms with van der Waals surface area (Å²) in [5.74, 6) is 0.871. The highest BCUT2D eigenvalue weighted by atomic mass is 32.1. The van der Waals surface area contributed by atoms with E-state index in [9.17, 15) is 13.6 Å². The molecule has 0 radical (unpaired) electrons. The average Bonchev–Trinajstić information content (AvgIpc) is 3.38. The van der Waals surface area contributed by atoms with Gasteiger partial charge in [-0.1, -0.05) is 19.3 Å². The molecule has 1 saturated carbocycles. The van der Waals surface area contributed by atoms with Crippen molar-refractivity contribution in [2.24, 2.45) is 0 Å². The molecule has 164 valence electrons. The fraction of sp³-hybridized carbons (Fsp3) is 0.381. The van der Waals surface area contributed by atoms with Gasteiger partial charge in [-0.15, -0.1) is 0 Å². The molecule has 4 rings (SSSR count). The molecule has 0 spiro atoms. The smallest absolute Gasteiger partial charge is 0.387 e. The molecule has 0 bridgehead atoms. The highest BCUT2D eigenvalue weighted by Crippen LogP contribution is 2.32. The van der Waals surface area contributed by atoms with Gasteiger partial charge in [0.2, 0.25) is 10.7 Å². The number of hydrogen-bond acceptors (Lipinski definition) is 4. The topological polar surface area (TPSA) is 66.0 Å². The van der Waals surface area contributed by atoms with E-state index in [-0.39, 0.29) is 18.2 Å². The van der Waals surface area contributed by atoms with Gasteiger partial charge in [0.15, 0.2) is 5.82 Å². The van der Waals surface area contributed by atoms with Crippen molar-refractivity contribution in [3.05, 3.63) is 59.4 Å². The molecule has 0 unspecified atom stereocenters. The zero-order chi connectivity index (χ0) is 21.8. The molecule has 0 aliphatic heterocycles. The summed E-state index contributed by atoms with van der Waals surface area (Å²) in [6, 6.07) is 9.57. The zero-order valence-corrected chi connectivity index (χ0v) is 17.6. The molecule has 10 heteroatoms. The third-order valence-corrected chi connectivity index (χ3v) is 5.67. The Morgan fingerprint density at radius 2 is 1.84 bits per heavy atom. The van der Waals surface area contributed by atoms with E-state index in [0.717, 1.165) is 31.5 Å². The number of ether oxygens (including phenoxy) is 1. The molecule has 2 aromatic heterocycles. The van der Waals surface area contributed by atoms with Gasteiger partial charge in [0.1, 0.15) is 12.3 Å². The third kappa shape index (κ3) is 5.01. The Morgan fingerprint density at radius 1 is 1.16 bits per heavy atom. The summed E-state index contributed by atoms with van der Waals surface area (Å²) >= 11 is 5.65. The van der Waals surface area contributed by atoms with Crippen LogP contribution in [0.3, 0.4) is 0 Å². The molecular weight excluding hydrogens is 424 g/mol. The number of amides is 1. The van der Waals surface area contributed by atoms with Crippen molar-refractivity contribution >= 4 is 23.8 Å². The van der Waals surface area contributed by atoms with Crippen LogP contribution in [0.4, 0.5) is 14.5 Å². The molecule has 1 N–H and O–H groups in total. The van der Waals surface area contributed by atoms with Gasteiger partial charge in [-0.05, 0) is 61.5 Å². The standard InChI is InChI=1S/C21H23F2N5O2S/c22-20(23)30-17-10-8-16(9-11-17)24-18(29)14-27-21(31)28(26-12-4-5-13-26)19(25-27)15-6-2-1-3-7-15/h4-5,8-13,15,20H,1-3,6-7,14H2,(H,24,29).